The van der Waals surface area contributed by atoms with Gasteiger partial charge in [-0.05, 0) is 37.3 Å². The second-order valence-corrected chi connectivity index (χ2v) is 7.78. The number of anilines is 1. The van der Waals surface area contributed by atoms with Crippen LogP contribution in [0.1, 0.15) is 23.9 Å². The van der Waals surface area contributed by atoms with Crippen molar-refractivity contribution in [3.63, 3.8) is 0 Å². The maximum absolute atomic E-state index is 13.1. The molecule has 0 aliphatic rings. The highest BCUT2D eigenvalue weighted by molar-refractivity contribution is 7.99. The highest BCUT2D eigenvalue weighted by atomic mass is 32.2. The Labute approximate surface area is 194 Å². The van der Waals surface area contributed by atoms with Crippen molar-refractivity contribution in [3.8, 4) is 5.75 Å². The number of thioether (sulfide) groups is 1. The summed E-state index contributed by atoms with van der Waals surface area (Å²) in [6.45, 7) is 1.96. The number of hydrogen-bond acceptors (Lipinski definition) is 5. The average Bonchev–Trinajstić information content (AvgIpc) is 3.17. The minimum Gasteiger partial charge on any atom is -0.486 e. The van der Waals surface area contributed by atoms with Crippen LogP contribution in [-0.2, 0) is 30.3 Å². The molecule has 3 rings (SSSR count). The van der Waals surface area contributed by atoms with Crippen molar-refractivity contribution in [2.45, 2.75) is 37.6 Å². The summed E-state index contributed by atoms with van der Waals surface area (Å²) >= 11 is 0.952. The molecule has 0 bridgehead atoms. The number of hydrogen-bond donors (Lipinski definition) is 1. The number of aromatic nitrogens is 3. The Hall–Kier alpha value is -3.22. The van der Waals surface area contributed by atoms with Crippen molar-refractivity contribution in [1.29, 1.82) is 0 Å². The summed E-state index contributed by atoms with van der Waals surface area (Å²) in [6.07, 6.45) is -9.12. The zero-order valence-electron chi connectivity index (χ0n) is 17.6. The zero-order chi connectivity index (χ0) is 24.9. The zero-order valence-corrected chi connectivity index (χ0v) is 18.4. The predicted molar refractivity (Wildman–Crippen MR) is 112 cm³/mol. The van der Waals surface area contributed by atoms with Gasteiger partial charge in [0.15, 0.2) is 11.0 Å². The first-order valence-corrected chi connectivity index (χ1v) is 10.8. The number of nitrogens with one attached hydrogen (secondary N) is 1. The minimum absolute atomic E-state index is 0.00242. The van der Waals surface area contributed by atoms with Gasteiger partial charge in [0.1, 0.15) is 12.4 Å². The van der Waals surface area contributed by atoms with Gasteiger partial charge in [0, 0.05) is 6.54 Å². The molecule has 3 aromatic rings. The molecule has 1 heterocycles. The van der Waals surface area contributed by atoms with Gasteiger partial charge in [0.2, 0.25) is 5.91 Å². The molecule has 1 aromatic heterocycles. The monoisotopic (exact) mass is 504 g/mol. The van der Waals surface area contributed by atoms with Gasteiger partial charge in [-0.25, -0.2) is 0 Å². The minimum atomic E-state index is -4.62. The molecule has 0 aliphatic heterocycles. The standard InChI is InChI=1S/C21H18F6N4O2S/c1-2-31-17(11-33-14-7-5-6-13(10-14)20(22,23)24)29-30-19(31)34-12-18(32)28-16-9-4-3-8-15(16)21(25,26)27/h3-10H,2,11-12H2,1H3,(H,28,32). The Kier molecular flexibility index (Phi) is 7.75. The molecule has 2 aromatic carbocycles. The summed E-state index contributed by atoms with van der Waals surface area (Å²) in [6, 6.07) is 9.01. The molecule has 0 saturated heterocycles. The SMILES string of the molecule is CCn1c(COc2cccc(C(F)(F)F)c2)nnc1SCC(=O)Nc1ccccc1C(F)(F)F. The van der Waals surface area contributed by atoms with E-state index in [4.69, 9.17) is 4.74 Å². The van der Waals surface area contributed by atoms with Gasteiger partial charge in [0.05, 0.1) is 22.6 Å². The van der Waals surface area contributed by atoms with Crippen molar-refractivity contribution in [2.24, 2.45) is 0 Å². The molecule has 0 radical (unpaired) electrons. The van der Waals surface area contributed by atoms with E-state index < -0.39 is 29.4 Å². The number of nitrogens with zero attached hydrogens (tertiary/aromatic N) is 3. The Bertz CT molecular complexity index is 1150. The normalized spacial score (nSPS) is 12.0. The summed E-state index contributed by atoms with van der Waals surface area (Å²) in [5.41, 5.74) is -2.16. The van der Waals surface area contributed by atoms with Crippen molar-refractivity contribution in [3.05, 3.63) is 65.5 Å². The van der Waals surface area contributed by atoms with Crippen LogP contribution < -0.4 is 10.1 Å². The third-order valence-electron chi connectivity index (χ3n) is 4.48. The van der Waals surface area contributed by atoms with Crippen LogP contribution >= 0.6 is 11.8 Å². The molecule has 1 amide bonds. The van der Waals surface area contributed by atoms with E-state index in [2.05, 4.69) is 15.5 Å². The van der Waals surface area contributed by atoms with E-state index in [9.17, 15) is 31.1 Å². The van der Waals surface area contributed by atoms with Gasteiger partial charge in [0.25, 0.3) is 0 Å². The van der Waals surface area contributed by atoms with Crippen LogP contribution in [0, 0.1) is 0 Å². The van der Waals surface area contributed by atoms with Crippen LogP contribution in [0.2, 0.25) is 0 Å². The molecule has 0 atom stereocenters. The summed E-state index contributed by atoms with van der Waals surface area (Å²) in [5.74, 6) is -0.601. The molecule has 6 nitrogen and oxygen atoms in total. The highest BCUT2D eigenvalue weighted by Gasteiger charge is 2.33. The van der Waals surface area contributed by atoms with E-state index in [1.165, 1.54) is 24.3 Å². The largest absolute Gasteiger partial charge is 0.486 e. The van der Waals surface area contributed by atoms with Crippen LogP contribution in [0.25, 0.3) is 0 Å². The summed E-state index contributed by atoms with van der Waals surface area (Å²) in [7, 11) is 0. The number of carbonyl (C=O) groups excluding carboxylic acids is 1. The third kappa shape index (κ3) is 6.43. The van der Waals surface area contributed by atoms with Crippen LogP contribution in [-0.4, -0.2) is 26.4 Å². The molecule has 1 N–H and O–H groups in total. The van der Waals surface area contributed by atoms with Gasteiger partial charge in [-0.15, -0.1) is 10.2 Å². The molecular weight excluding hydrogens is 486 g/mol. The van der Waals surface area contributed by atoms with Crippen LogP contribution in [0.3, 0.4) is 0 Å². The first kappa shape index (κ1) is 25.4. The number of amides is 1. The van der Waals surface area contributed by atoms with E-state index >= 15 is 0 Å². The second kappa shape index (κ2) is 10.4. The molecule has 0 spiro atoms. The number of alkyl halides is 6. The van der Waals surface area contributed by atoms with Crippen molar-refractivity contribution in [1.82, 2.24) is 14.8 Å². The quantitative estimate of drug-likeness (QED) is 0.317. The number of ether oxygens (including phenoxy) is 1. The van der Waals surface area contributed by atoms with Crippen LogP contribution in [0.5, 0.6) is 5.75 Å². The van der Waals surface area contributed by atoms with Crippen LogP contribution in [0.4, 0.5) is 32.0 Å². The van der Waals surface area contributed by atoms with E-state index in [0.29, 0.717) is 17.5 Å². The molecule has 0 unspecified atom stereocenters. The third-order valence-corrected chi connectivity index (χ3v) is 5.44. The summed E-state index contributed by atoms with van der Waals surface area (Å²) in [5, 5.41) is 10.4. The van der Waals surface area contributed by atoms with Gasteiger partial charge in [-0.3, -0.25) is 4.79 Å². The fourth-order valence-electron chi connectivity index (χ4n) is 2.92. The molecule has 34 heavy (non-hydrogen) atoms. The van der Waals surface area contributed by atoms with Crippen LogP contribution in [0.15, 0.2) is 53.7 Å². The molecule has 0 fully saturated rings. The summed E-state index contributed by atoms with van der Waals surface area (Å²) in [4.78, 5) is 12.2. The number of benzene rings is 2. The Morgan fingerprint density at radius 1 is 1.03 bits per heavy atom. The fourth-order valence-corrected chi connectivity index (χ4v) is 3.74. The topological polar surface area (TPSA) is 69.0 Å². The molecular formula is C21H18F6N4O2S. The van der Waals surface area contributed by atoms with E-state index in [1.54, 1.807) is 11.5 Å². The molecule has 0 saturated carbocycles. The smallest absolute Gasteiger partial charge is 0.418 e. The predicted octanol–water partition coefficient (Wildman–Crippen LogP) is 5.65. The van der Waals surface area contributed by atoms with E-state index in [-0.39, 0.29) is 23.8 Å². The lowest BCUT2D eigenvalue weighted by Crippen LogP contribution is -2.18. The van der Waals surface area contributed by atoms with E-state index in [0.717, 1.165) is 36.0 Å². The average molecular weight is 504 g/mol. The molecule has 0 aliphatic carbocycles. The maximum atomic E-state index is 13.1. The number of para-hydroxylation sites is 1. The Morgan fingerprint density at radius 2 is 1.76 bits per heavy atom. The maximum Gasteiger partial charge on any atom is 0.418 e. The fraction of sp³-hybridized carbons (Fsp3) is 0.286. The number of carbonyl (C=O) groups is 1. The van der Waals surface area contributed by atoms with E-state index in [1.807, 2.05) is 0 Å². The van der Waals surface area contributed by atoms with Gasteiger partial charge < -0.3 is 14.6 Å². The van der Waals surface area contributed by atoms with Gasteiger partial charge in [-0.2, -0.15) is 26.3 Å². The summed E-state index contributed by atoms with van der Waals surface area (Å²) < 4.78 is 84.8. The second-order valence-electron chi connectivity index (χ2n) is 6.84. The number of halogens is 6. The Morgan fingerprint density at radius 3 is 2.44 bits per heavy atom. The molecule has 13 heteroatoms. The lowest BCUT2D eigenvalue weighted by Gasteiger charge is -2.13. The Balaban J connectivity index is 1.62. The van der Waals surface area contributed by atoms with Gasteiger partial charge in [-0.1, -0.05) is 30.0 Å². The lowest BCUT2D eigenvalue weighted by molar-refractivity contribution is -0.138. The van der Waals surface area contributed by atoms with Crippen molar-refractivity contribution >= 4 is 23.4 Å². The van der Waals surface area contributed by atoms with Gasteiger partial charge >= 0.3 is 12.4 Å². The highest BCUT2D eigenvalue weighted by Crippen LogP contribution is 2.35. The molecule has 182 valence electrons. The first-order valence-electron chi connectivity index (χ1n) is 9.80. The number of rotatable bonds is 8. The van der Waals surface area contributed by atoms with Crippen molar-refractivity contribution < 1.29 is 35.9 Å². The first-order chi connectivity index (χ1) is 16.0. The van der Waals surface area contributed by atoms with Crippen molar-refractivity contribution in [2.75, 3.05) is 11.1 Å². The lowest BCUT2D eigenvalue weighted by atomic mass is 10.1.